The zero-order valence-corrected chi connectivity index (χ0v) is 12.1. The number of nitrogens with one attached hydrogen (secondary N) is 1. The van der Waals surface area contributed by atoms with Crippen molar-refractivity contribution in [2.24, 2.45) is 0 Å². The second-order valence-electron chi connectivity index (χ2n) is 5.94. The summed E-state index contributed by atoms with van der Waals surface area (Å²) in [6.45, 7) is 12.6. The molecule has 2 aliphatic rings. The topological polar surface area (TPSA) is 18.5 Å². The van der Waals surface area contributed by atoms with Crippen molar-refractivity contribution in [1.29, 1.82) is 0 Å². The van der Waals surface area contributed by atoms with Gasteiger partial charge in [-0.1, -0.05) is 13.1 Å². The molecule has 0 radical (unpaired) electrons. The van der Waals surface area contributed by atoms with Crippen LogP contribution in [-0.2, 0) is 0 Å². The summed E-state index contributed by atoms with van der Waals surface area (Å²) in [5.41, 5.74) is 1.02. The average molecular weight is 241 g/mol. The molecule has 4 heteroatoms. The molecule has 1 N–H and O–H groups in total. The number of hydrogen-bond donors (Lipinski definition) is 1. The van der Waals surface area contributed by atoms with E-state index in [1.165, 1.54) is 52.1 Å². The third-order valence-corrected chi connectivity index (χ3v) is 9.57. The third kappa shape index (κ3) is 2.67. The van der Waals surface area contributed by atoms with Gasteiger partial charge >= 0.3 is 0 Å². The van der Waals surface area contributed by atoms with Crippen LogP contribution in [0.2, 0.25) is 18.6 Å². The van der Waals surface area contributed by atoms with Crippen LogP contribution in [0.1, 0.15) is 12.8 Å². The van der Waals surface area contributed by atoms with Crippen LogP contribution in [0.4, 0.5) is 0 Å². The minimum absolute atomic E-state index is 1.02. The molecule has 1 unspecified atom stereocenters. The van der Waals surface area contributed by atoms with Gasteiger partial charge in [-0.25, -0.2) is 0 Å². The average Bonchev–Trinajstić information content (AvgIpc) is 2.53. The Bertz CT molecular complexity index is 226. The van der Waals surface area contributed by atoms with Crippen molar-refractivity contribution in [2.75, 3.05) is 46.3 Å². The minimum atomic E-state index is -1.07. The molecular weight excluding hydrogens is 214 g/mol. The highest BCUT2D eigenvalue weighted by Gasteiger charge is 2.40. The monoisotopic (exact) mass is 241 g/mol. The fourth-order valence-electron chi connectivity index (χ4n) is 3.07. The maximum Gasteiger partial charge on any atom is 0.125 e. The maximum atomic E-state index is 3.42. The van der Waals surface area contributed by atoms with Crippen molar-refractivity contribution < 1.29 is 0 Å². The van der Waals surface area contributed by atoms with E-state index in [1.54, 1.807) is 0 Å². The molecule has 2 heterocycles. The molecule has 0 saturated carbocycles. The molecule has 94 valence electrons. The first kappa shape index (κ1) is 12.6. The van der Waals surface area contributed by atoms with Gasteiger partial charge in [0.15, 0.2) is 0 Å². The van der Waals surface area contributed by atoms with Crippen molar-refractivity contribution in [3.8, 4) is 0 Å². The summed E-state index contributed by atoms with van der Waals surface area (Å²) in [6, 6.07) is 0. The van der Waals surface area contributed by atoms with Crippen molar-refractivity contribution in [3.63, 3.8) is 0 Å². The minimum Gasteiger partial charge on any atom is -0.326 e. The van der Waals surface area contributed by atoms with Crippen LogP contribution >= 0.6 is 0 Å². The molecule has 0 bridgehead atoms. The summed E-state index contributed by atoms with van der Waals surface area (Å²) in [5.74, 6) is 0. The standard InChI is InChI=1S/C12H27N3Si/c1-14-8-4-12(16(14,2)3)5-9-15-10-6-13-7-11-15/h12-13H,4-11H2,1-3H3. The lowest BCUT2D eigenvalue weighted by molar-refractivity contribution is 0.236. The number of rotatable bonds is 3. The Morgan fingerprint density at radius 3 is 2.44 bits per heavy atom. The lowest BCUT2D eigenvalue weighted by atomic mass is 10.2. The summed E-state index contributed by atoms with van der Waals surface area (Å²) >= 11 is 0. The fourth-order valence-corrected chi connectivity index (χ4v) is 6.07. The molecule has 1 atom stereocenters. The molecular formula is C12H27N3Si. The van der Waals surface area contributed by atoms with Crippen LogP contribution in [0, 0.1) is 0 Å². The Balaban J connectivity index is 1.77. The Morgan fingerprint density at radius 1 is 1.19 bits per heavy atom. The molecule has 0 spiro atoms. The van der Waals surface area contributed by atoms with Gasteiger partial charge < -0.3 is 14.8 Å². The first-order valence-corrected chi connectivity index (χ1v) is 9.77. The summed E-state index contributed by atoms with van der Waals surface area (Å²) in [5, 5.41) is 3.42. The van der Waals surface area contributed by atoms with E-state index in [2.05, 4.69) is 34.9 Å². The van der Waals surface area contributed by atoms with Crippen molar-refractivity contribution in [2.45, 2.75) is 31.5 Å². The Kier molecular flexibility index (Phi) is 4.05. The number of piperazine rings is 1. The van der Waals surface area contributed by atoms with E-state index in [0.717, 1.165) is 5.54 Å². The Labute approximate surface area is 101 Å². The predicted molar refractivity (Wildman–Crippen MR) is 72.4 cm³/mol. The molecule has 0 aromatic carbocycles. The lowest BCUT2D eigenvalue weighted by Crippen LogP contribution is -2.46. The first-order chi connectivity index (χ1) is 7.60. The van der Waals surface area contributed by atoms with Crippen LogP contribution in [0.5, 0.6) is 0 Å². The summed E-state index contributed by atoms with van der Waals surface area (Å²) in [6.07, 6.45) is 2.88. The van der Waals surface area contributed by atoms with E-state index in [0.29, 0.717) is 0 Å². The summed E-state index contributed by atoms with van der Waals surface area (Å²) in [4.78, 5) is 2.64. The van der Waals surface area contributed by atoms with E-state index in [9.17, 15) is 0 Å². The lowest BCUT2D eigenvalue weighted by Gasteiger charge is -2.33. The van der Waals surface area contributed by atoms with Gasteiger partial charge in [0.05, 0.1) is 0 Å². The number of hydrogen-bond acceptors (Lipinski definition) is 3. The van der Waals surface area contributed by atoms with E-state index in [-0.39, 0.29) is 0 Å². The van der Waals surface area contributed by atoms with E-state index in [1.807, 2.05) is 0 Å². The summed E-state index contributed by atoms with van der Waals surface area (Å²) < 4.78 is 2.66. The first-order valence-electron chi connectivity index (χ1n) is 6.75. The molecule has 3 nitrogen and oxygen atoms in total. The van der Waals surface area contributed by atoms with Gasteiger partial charge in [0.2, 0.25) is 0 Å². The Morgan fingerprint density at radius 2 is 1.88 bits per heavy atom. The molecule has 2 saturated heterocycles. The van der Waals surface area contributed by atoms with Crippen LogP contribution in [0.15, 0.2) is 0 Å². The number of nitrogens with zero attached hydrogens (tertiary/aromatic N) is 2. The molecule has 0 aromatic heterocycles. The zero-order chi connectivity index (χ0) is 11.6. The van der Waals surface area contributed by atoms with Gasteiger partial charge in [-0.2, -0.15) is 0 Å². The maximum absolute atomic E-state index is 3.42. The molecule has 0 aromatic rings. The van der Waals surface area contributed by atoms with Crippen LogP contribution in [0.25, 0.3) is 0 Å². The normalized spacial score (nSPS) is 32.1. The van der Waals surface area contributed by atoms with E-state index in [4.69, 9.17) is 0 Å². The zero-order valence-electron chi connectivity index (χ0n) is 11.1. The quantitative estimate of drug-likeness (QED) is 0.749. The van der Waals surface area contributed by atoms with Crippen LogP contribution < -0.4 is 5.32 Å². The van der Waals surface area contributed by atoms with Crippen molar-refractivity contribution in [1.82, 2.24) is 14.8 Å². The summed E-state index contributed by atoms with van der Waals surface area (Å²) in [7, 11) is 1.26. The van der Waals surface area contributed by atoms with Crippen LogP contribution in [-0.4, -0.2) is 64.0 Å². The van der Waals surface area contributed by atoms with E-state index < -0.39 is 8.24 Å². The third-order valence-electron chi connectivity index (χ3n) is 4.80. The highest BCUT2D eigenvalue weighted by molar-refractivity contribution is 6.76. The van der Waals surface area contributed by atoms with Gasteiger partial charge in [0.1, 0.15) is 8.24 Å². The van der Waals surface area contributed by atoms with E-state index >= 15 is 0 Å². The predicted octanol–water partition coefficient (Wildman–Crippen LogP) is 1.19. The Hall–Kier alpha value is 0.0969. The highest BCUT2D eigenvalue weighted by Crippen LogP contribution is 2.37. The van der Waals surface area contributed by atoms with Crippen LogP contribution in [0.3, 0.4) is 0 Å². The van der Waals surface area contributed by atoms with Gasteiger partial charge in [-0.15, -0.1) is 0 Å². The van der Waals surface area contributed by atoms with Gasteiger partial charge in [0.25, 0.3) is 0 Å². The van der Waals surface area contributed by atoms with Crippen molar-refractivity contribution in [3.05, 3.63) is 0 Å². The molecule has 0 amide bonds. The largest absolute Gasteiger partial charge is 0.326 e. The molecule has 0 aliphatic carbocycles. The SMILES string of the molecule is CN1CCC(CCN2CCNCC2)[Si]1(C)C. The molecule has 2 fully saturated rings. The smallest absolute Gasteiger partial charge is 0.125 e. The van der Waals surface area contributed by atoms with Gasteiger partial charge in [-0.05, 0) is 38.5 Å². The molecule has 16 heavy (non-hydrogen) atoms. The highest BCUT2D eigenvalue weighted by atomic mass is 28.3. The second-order valence-corrected chi connectivity index (χ2v) is 10.8. The fraction of sp³-hybridized carbons (Fsp3) is 1.00. The second kappa shape index (κ2) is 5.17. The molecule has 2 rings (SSSR count). The van der Waals surface area contributed by atoms with Crippen molar-refractivity contribution >= 4 is 8.24 Å². The molecule has 2 aliphatic heterocycles. The van der Waals surface area contributed by atoms with Gasteiger partial charge in [-0.3, -0.25) is 0 Å². The van der Waals surface area contributed by atoms with Gasteiger partial charge in [0, 0.05) is 26.2 Å².